The monoisotopic (exact) mass is 400 g/mol. The summed E-state index contributed by atoms with van der Waals surface area (Å²) in [5.74, 6) is -0.221. The van der Waals surface area contributed by atoms with E-state index in [9.17, 15) is 15.3 Å². The van der Waals surface area contributed by atoms with E-state index in [4.69, 9.17) is 0 Å². The van der Waals surface area contributed by atoms with Crippen molar-refractivity contribution in [3.05, 3.63) is 58.7 Å². The third kappa shape index (κ3) is 11.6. The molecule has 3 N–H and O–H groups in total. The minimum Gasteiger partial charge on any atom is -0.504 e. The summed E-state index contributed by atoms with van der Waals surface area (Å²) >= 11 is 0. The normalized spacial score (nSPS) is 14.6. The second-order valence-electron chi connectivity index (χ2n) is 8.82. The maximum atomic E-state index is 10.6. The van der Waals surface area contributed by atoms with E-state index in [-0.39, 0.29) is 11.5 Å². The van der Waals surface area contributed by atoms with Crippen LogP contribution in [0.1, 0.15) is 85.1 Å². The van der Waals surface area contributed by atoms with Crippen LogP contribution in [0.3, 0.4) is 0 Å². The van der Waals surface area contributed by atoms with Crippen LogP contribution in [-0.4, -0.2) is 20.9 Å². The van der Waals surface area contributed by atoms with E-state index in [0.29, 0.717) is 19.3 Å². The molecule has 3 heteroatoms. The molecule has 0 fully saturated rings. The molecule has 0 heterocycles. The minimum absolute atomic E-state index is 0.109. The van der Waals surface area contributed by atoms with Crippen LogP contribution >= 0.6 is 0 Å². The quantitative estimate of drug-likeness (QED) is 0.262. The van der Waals surface area contributed by atoms with E-state index >= 15 is 0 Å². The van der Waals surface area contributed by atoms with Crippen LogP contribution < -0.4 is 0 Å². The Hall–Kier alpha value is -2.00. The third-order valence-corrected chi connectivity index (χ3v) is 5.29. The average molecular weight is 401 g/mol. The minimum atomic E-state index is -0.744. The van der Waals surface area contributed by atoms with Gasteiger partial charge in [-0.1, -0.05) is 41.0 Å². The van der Waals surface area contributed by atoms with Crippen LogP contribution in [-0.2, 0) is 6.42 Å². The molecular formula is C26H40O3. The number of hydrogen-bond donors (Lipinski definition) is 3. The largest absolute Gasteiger partial charge is 0.504 e. The topological polar surface area (TPSA) is 60.7 Å². The Kier molecular flexibility index (Phi) is 10.8. The fourth-order valence-electron chi connectivity index (χ4n) is 3.23. The van der Waals surface area contributed by atoms with Gasteiger partial charge in [0.15, 0.2) is 11.5 Å². The van der Waals surface area contributed by atoms with Gasteiger partial charge in [0.2, 0.25) is 0 Å². The number of aryl methyl sites for hydroxylation is 1. The molecule has 0 radical (unpaired) electrons. The molecule has 0 aliphatic carbocycles. The molecule has 0 saturated carbocycles. The van der Waals surface area contributed by atoms with Crippen molar-refractivity contribution < 1.29 is 15.3 Å². The zero-order valence-electron chi connectivity index (χ0n) is 19.0. The summed E-state index contributed by atoms with van der Waals surface area (Å²) in [5.41, 5.74) is 4.38. The molecule has 3 nitrogen and oxygen atoms in total. The van der Waals surface area contributed by atoms with Crippen molar-refractivity contribution >= 4 is 0 Å². The summed E-state index contributed by atoms with van der Waals surface area (Å²) in [5, 5.41) is 29.6. The highest BCUT2D eigenvalue weighted by Crippen LogP contribution is 2.27. The molecule has 1 aromatic rings. The summed E-state index contributed by atoms with van der Waals surface area (Å²) in [7, 11) is 0. The van der Waals surface area contributed by atoms with Gasteiger partial charge >= 0.3 is 0 Å². The van der Waals surface area contributed by atoms with Gasteiger partial charge in [0.25, 0.3) is 0 Å². The summed E-state index contributed by atoms with van der Waals surface area (Å²) in [6, 6.07) is 4.83. The first-order chi connectivity index (χ1) is 13.6. The van der Waals surface area contributed by atoms with E-state index in [1.807, 2.05) is 6.92 Å². The standard InChI is InChI=1S/C26H40O3/c1-20(2)9-6-10-21(3)11-7-12-22(4)13-8-17-26(5,29)18-16-23-14-15-24(27)25(28)19-23/h9,11,13-15,19,27-29H,6-8,10,12,16-18H2,1-5H3. The van der Waals surface area contributed by atoms with E-state index in [1.165, 1.54) is 22.8 Å². The number of phenolic OH excluding ortho intramolecular Hbond substituents is 2. The summed E-state index contributed by atoms with van der Waals surface area (Å²) in [4.78, 5) is 0. The highest BCUT2D eigenvalue weighted by atomic mass is 16.3. The van der Waals surface area contributed by atoms with Crippen molar-refractivity contribution in [1.29, 1.82) is 0 Å². The van der Waals surface area contributed by atoms with Crippen molar-refractivity contribution in [3.8, 4) is 11.5 Å². The predicted octanol–water partition coefficient (Wildman–Crippen LogP) is 6.98. The molecule has 162 valence electrons. The van der Waals surface area contributed by atoms with Gasteiger partial charge in [0.1, 0.15) is 0 Å². The number of aliphatic hydroxyl groups is 1. The molecule has 1 rings (SSSR count). The molecule has 0 spiro atoms. The molecule has 29 heavy (non-hydrogen) atoms. The fourth-order valence-corrected chi connectivity index (χ4v) is 3.23. The molecule has 1 aromatic carbocycles. The maximum Gasteiger partial charge on any atom is 0.157 e. The van der Waals surface area contributed by atoms with Gasteiger partial charge in [-0.2, -0.15) is 0 Å². The molecular weight excluding hydrogens is 360 g/mol. The van der Waals surface area contributed by atoms with Crippen molar-refractivity contribution in [1.82, 2.24) is 0 Å². The second kappa shape index (κ2) is 12.5. The molecule has 1 atom stereocenters. The van der Waals surface area contributed by atoms with Gasteiger partial charge in [0, 0.05) is 0 Å². The van der Waals surface area contributed by atoms with E-state index in [0.717, 1.165) is 37.7 Å². The molecule has 1 unspecified atom stereocenters. The number of aromatic hydroxyl groups is 2. The summed E-state index contributed by atoms with van der Waals surface area (Å²) in [6.07, 6.45) is 14.1. The first-order valence-corrected chi connectivity index (χ1v) is 10.8. The number of hydrogen-bond acceptors (Lipinski definition) is 3. The van der Waals surface area contributed by atoms with Gasteiger partial charge in [-0.3, -0.25) is 0 Å². The van der Waals surface area contributed by atoms with Crippen molar-refractivity contribution in [2.75, 3.05) is 0 Å². The molecule has 0 aliphatic heterocycles. The molecule has 0 aromatic heterocycles. The average Bonchev–Trinajstić information content (AvgIpc) is 2.62. The lowest BCUT2D eigenvalue weighted by atomic mass is 9.91. The van der Waals surface area contributed by atoms with E-state index < -0.39 is 5.60 Å². The Morgan fingerprint density at radius 1 is 0.828 bits per heavy atom. The van der Waals surface area contributed by atoms with Gasteiger partial charge < -0.3 is 15.3 Å². The maximum absolute atomic E-state index is 10.6. The van der Waals surface area contributed by atoms with Gasteiger partial charge in [-0.15, -0.1) is 0 Å². The Balaban J connectivity index is 2.34. The number of benzene rings is 1. The number of phenols is 2. The predicted molar refractivity (Wildman–Crippen MR) is 123 cm³/mol. The van der Waals surface area contributed by atoms with Crippen LogP contribution in [0, 0.1) is 0 Å². The smallest absolute Gasteiger partial charge is 0.157 e. The molecule has 0 bridgehead atoms. The number of allylic oxidation sites excluding steroid dienone is 6. The second-order valence-corrected chi connectivity index (χ2v) is 8.82. The van der Waals surface area contributed by atoms with Gasteiger partial charge in [-0.05, 0) is 104 Å². The van der Waals surface area contributed by atoms with Crippen molar-refractivity contribution in [2.45, 2.75) is 91.6 Å². The Bertz CT molecular complexity index is 719. The Labute approximate surface area is 177 Å². The zero-order chi connectivity index (χ0) is 21.9. The first kappa shape index (κ1) is 25.0. The zero-order valence-corrected chi connectivity index (χ0v) is 19.0. The Morgan fingerprint density at radius 2 is 1.41 bits per heavy atom. The molecule has 0 saturated heterocycles. The lowest BCUT2D eigenvalue weighted by Gasteiger charge is -2.23. The van der Waals surface area contributed by atoms with Crippen LogP contribution in [0.25, 0.3) is 0 Å². The highest BCUT2D eigenvalue weighted by Gasteiger charge is 2.19. The fraction of sp³-hybridized carbons (Fsp3) is 0.538. The summed E-state index contributed by atoms with van der Waals surface area (Å²) in [6.45, 7) is 10.5. The highest BCUT2D eigenvalue weighted by molar-refractivity contribution is 5.40. The SMILES string of the molecule is CC(C)=CCCC(C)=CCCC(C)=CCCC(C)(O)CCc1ccc(O)c(O)c1. The van der Waals surface area contributed by atoms with Crippen molar-refractivity contribution in [2.24, 2.45) is 0 Å². The van der Waals surface area contributed by atoms with E-state index in [1.54, 1.807) is 12.1 Å². The third-order valence-electron chi connectivity index (χ3n) is 5.29. The van der Waals surface area contributed by atoms with Crippen LogP contribution in [0.15, 0.2) is 53.1 Å². The molecule has 0 aliphatic rings. The molecule has 0 amide bonds. The van der Waals surface area contributed by atoms with Gasteiger partial charge in [-0.25, -0.2) is 0 Å². The lowest BCUT2D eigenvalue weighted by Crippen LogP contribution is -2.24. The first-order valence-electron chi connectivity index (χ1n) is 10.8. The van der Waals surface area contributed by atoms with Crippen LogP contribution in [0.5, 0.6) is 11.5 Å². The van der Waals surface area contributed by atoms with Gasteiger partial charge in [0.05, 0.1) is 5.60 Å². The summed E-state index contributed by atoms with van der Waals surface area (Å²) < 4.78 is 0. The lowest BCUT2D eigenvalue weighted by molar-refractivity contribution is 0.0432. The number of rotatable bonds is 12. The Morgan fingerprint density at radius 3 is 2.00 bits per heavy atom. The van der Waals surface area contributed by atoms with Crippen LogP contribution in [0.4, 0.5) is 0 Å². The van der Waals surface area contributed by atoms with Crippen molar-refractivity contribution in [3.63, 3.8) is 0 Å². The van der Waals surface area contributed by atoms with E-state index in [2.05, 4.69) is 45.9 Å². The van der Waals surface area contributed by atoms with Crippen LogP contribution in [0.2, 0.25) is 0 Å².